The Labute approximate surface area is 86.5 Å². The summed E-state index contributed by atoms with van der Waals surface area (Å²) in [5, 5.41) is 0. The Hall–Kier alpha value is -0.500. The smallest absolute Gasteiger partial charge is 0.109 e. The van der Waals surface area contributed by atoms with Crippen LogP contribution in [-0.4, -0.2) is 12.6 Å². The van der Waals surface area contributed by atoms with Gasteiger partial charge in [0.2, 0.25) is 0 Å². The lowest BCUT2D eigenvalue weighted by molar-refractivity contribution is 0.131. The lowest BCUT2D eigenvalue weighted by atomic mass is 9.70. The number of rotatable bonds is 2. The van der Waals surface area contributed by atoms with E-state index in [1.165, 1.54) is 32.1 Å². The molecule has 14 heavy (non-hydrogen) atoms. The predicted octanol–water partition coefficient (Wildman–Crippen LogP) is 2.59. The Morgan fingerprint density at radius 3 is 2.64 bits per heavy atom. The zero-order chi connectivity index (χ0) is 10.0. The van der Waals surface area contributed by atoms with Crippen molar-refractivity contribution in [2.75, 3.05) is 6.61 Å². The molecule has 0 amide bonds. The van der Waals surface area contributed by atoms with Crippen LogP contribution in [-0.2, 0) is 4.74 Å². The van der Waals surface area contributed by atoms with Gasteiger partial charge >= 0.3 is 0 Å². The highest BCUT2D eigenvalue weighted by Crippen LogP contribution is 2.40. The summed E-state index contributed by atoms with van der Waals surface area (Å²) < 4.78 is 5.57. The van der Waals surface area contributed by atoms with Crippen LogP contribution < -0.4 is 5.73 Å². The van der Waals surface area contributed by atoms with Crippen LogP contribution in [0.15, 0.2) is 11.8 Å². The maximum Gasteiger partial charge on any atom is 0.109 e. The first-order valence-electron chi connectivity index (χ1n) is 5.81. The van der Waals surface area contributed by atoms with Gasteiger partial charge in [0.1, 0.15) is 5.76 Å². The van der Waals surface area contributed by atoms with Crippen LogP contribution in [0.5, 0.6) is 0 Å². The van der Waals surface area contributed by atoms with Gasteiger partial charge in [0.05, 0.1) is 12.6 Å². The van der Waals surface area contributed by atoms with E-state index < -0.39 is 0 Å². The Morgan fingerprint density at radius 2 is 2.07 bits per heavy atom. The summed E-state index contributed by atoms with van der Waals surface area (Å²) in [5.74, 6) is 1.05. The van der Waals surface area contributed by atoms with Crippen LogP contribution in [0.3, 0.4) is 0 Å². The SMILES string of the molecule is CC1(C(N)C2=CCCO2)CCCCC1. The maximum atomic E-state index is 6.29. The third-order valence-corrected chi connectivity index (χ3v) is 3.79. The van der Waals surface area contributed by atoms with Gasteiger partial charge in [-0.25, -0.2) is 0 Å². The fourth-order valence-corrected chi connectivity index (χ4v) is 2.67. The van der Waals surface area contributed by atoms with E-state index in [4.69, 9.17) is 10.5 Å². The van der Waals surface area contributed by atoms with Gasteiger partial charge in [0.25, 0.3) is 0 Å². The van der Waals surface area contributed by atoms with Crippen LogP contribution >= 0.6 is 0 Å². The first kappa shape index (κ1) is 10.0. The molecule has 2 heteroatoms. The first-order valence-corrected chi connectivity index (χ1v) is 5.81. The van der Waals surface area contributed by atoms with E-state index in [0.717, 1.165) is 18.8 Å². The summed E-state index contributed by atoms with van der Waals surface area (Å²) in [6, 6.07) is 0.130. The number of hydrogen-bond acceptors (Lipinski definition) is 2. The predicted molar refractivity (Wildman–Crippen MR) is 57.8 cm³/mol. The second kappa shape index (κ2) is 3.93. The highest BCUT2D eigenvalue weighted by atomic mass is 16.5. The molecule has 1 unspecified atom stereocenters. The minimum atomic E-state index is 0.130. The molecule has 1 atom stereocenters. The zero-order valence-corrected chi connectivity index (χ0v) is 9.09. The molecule has 1 aliphatic carbocycles. The van der Waals surface area contributed by atoms with Crippen molar-refractivity contribution in [2.24, 2.45) is 11.1 Å². The van der Waals surface area contributed by atoms with Crippen molar-refractivity contribution < 1.29 is 4.74 Å². The molecule has 1 aliphatic heterocycles. The van der Waals surface area contributed by atoms with Crippen LogP contribution in [0.25, 0.3) is 0 Å². The van der Waals surface area contributed by atoms with Gasteiger partial charge in [-0.2, -0.15) is 0 Å². The number of hydrogen-bond donors (Lipinski definition) is 1. The Balaban J connectivity index is 2.04. The Kier molecular flexibility index (Phi) is 2.82. The van der Waals surface area contributed by atoms with E-state index in [9.17, 15) is 0 Å². The lowest BCUT2D eigenvalue weighted by Gasteiger charge is -2.38. The molecule has 0 saturated heterocycles. The molecule has 0 radical (unpaired) electrons. The molecule has 0 bridgehead atoms. The molecule has 2 nitrogen and oxygen atoms in total. The number of nitrogens with two attached hydrogens (primary N) is 1. The van der Waals surface area contributed by atoms with Crippen LogP contribution in [0.1, 0.15) is 45.4 Å². The molecule has 0 aromatic heterocycles. The van der Waals surface area contributed by atoms with E-state index in [-0.39, 0.29) is 11.5 Å². The topological polar surface area (TPSA) is 35.2 Å². The Morgan fingerprint density at radius 1 is 1.36 bits per heavy atom. The van der Waals surface area contributed by atoms with Crippen molar-refractivity contribution in [2.45, 2.75) is 51.5 Å². The Bertz CT molecular complexity index is 228. The highest BCUT2D eigenvalue weighted by Gasteiger charge is 2.36. The summed E-state index contributed by atoms with van der Waals surface area (Å²) in [7, 11) is 0. The molecule has 0 aromatic carbocycles. The van der Waals surface area contributed by atoms with Crippen molar-refractivity contribution in [3.63, 3.8) is 0 Å². The first-order chi connectivity index (χ1) is 6.72. The van der Waals surface area contributed by atoms with Crippen molar-refractivity contribution in [1.29, 1.82) is 0 Å². The van der Waals surface area contributed by atoms with E-state index in [1.807, 2.05) is 0 Å². The third kappa shape index (κ3) is 1.81. The van der Waals surface area contributed by atoms with Gasteiger partial charge in [-0.1, -0.05) is 26.2 Å². The molecule has 1 fully saturated rings. The summed E-state index contributed by atoms with van der Waals surface area (Å²) in [6.07, 6.45) is 9.77. The fraction of sp³-hybridized carbons (Fsp3) is 0.833. The molecule has 2 rings (SSSR count). The maximum absolute atomic E-state index is 6.29. The largest absolute Gasteiger partial charge is 0.496 e. The lowest BCUT2D eigenvalue weighted by Crippen LogP contribution is -2.42. The molecule has 1 heterocycles. The van der Waals surface area contributed by atoms with E-state index in [2.05, 4.69) is 13.0 Å². The molecular formula is C12H21NO. The van der Waals surface area contributed by atoms with Crippen LogP contribution in [0.2, 0.25) is 0 Å². The van der Waals surface area contributed by atoms with Gasteiger partial charge in [-0.15, -0.1) is 0 Å². The normalized spacial score (nSPS) is 28.0. The monoisotopic (exact) mass is 195 g/mol. The minimum absolute atomic E-state index is 0.130. The summed E-state index contributed by atoms with van der Waals surface area (Å²) in [4.78, 5) is 0. The van der Waals surface area contributed by atoms with Gasteiger partial charge in [-0.05, 0) is 24.3 Å². The average Bonchev–Trinajstić information content (AvgIpc) is 2.70. The molecule has 1 saturated carbocycles. The molecular weight excluding hydrogens is 174 g/mol. The summed E-state index contributed by atoms with van der Waals surface area (Å²) >= 11 is 0. The molecule has 80 valence electrons. The highest BCUT2D eigenvalue weighted by molar-refractivity contribution is 5.11. The standard InChI is InChI=1S/C12H21NO/c1-12(7-3-2-4-8-12)11(13)10-6-5-9-14-10/h6,11H,2-5,7-9,13H2,1H3. The molecule has 2 N–H and O–H groups in total. The second-order valence-corrected chi connectivity index (χ2v) is 4.94. The molecule has 0 aromatic rings. The van der Waals surface area contributed by atoms with Crippen molar-refractivity contribution in [3.8, 4) is 0 Å². The zero-order valence-electron chi connectivity index (χ0n) is 9.09. The summed E-state index contributed by atoms with van der Waals surface area (Å²) in [5.41, 5.74) is 6.58. The van der Waals surface area contributed by atoms with E-state index in [0.29, 0.717) is 0 Å². The number of ether oxygens (including phenoxy) is 1. The van der Waals surface area contributed by atoms with E-state index >= 15 is 0 Å². The van der Waals surface area contributed by atoms with Crippen molar-refractivity contribution >= 4 is 0 Å². The molecule has 2 aliphatic rings. The summed E-state index contributed by atoms with van der Waals surface area (Å²) in [6.45, 7) is 3.15. The minimum Gasteiger partial charge on any atom is -0.496 e. The average molecular weight is 195 g/mol. The van der Waals surface area contributed by atoms with Crippen LogP contribution in [0, 0.1) is 5.41 Å². The van der Waals surface area contributed by atoms with E-state index in [1.54, 1.807) is 0 Å². The van der Waals surface area contributed by atoms with Crippen molar-refractivity contribution in [3.05, 3.63) is 11.8 Å². The van der Waals surface area contributed by atoms with Gasteiger partial charge < -0.3 is 10.5 Å². The molecule has 0 spiro atoms. The van der Waals surface area contributed by atoms with Crippen molar-refractivity contribution in [1.82, 2.24) is 0 Å². The van der Waals surface area contributed by atoms with Gasteiger partial charge in [0.15, 0.2) is 0 Å². The third-order valence-electron chi connectivity index (χ3n) is 3.79. The van der Waals surface area contributed by atoms with Gasteiger partial charge in [0, 0.05) is 6.42 Å². The quantitative estimate of drug-likeness (QED) is 0.735. The van der Waals surface area contributed by atoms with Crippen LogP contribution in [0.4, 0.5) is 0 Å². The second-order valence-electron chi connectivity index (χ2n) is 4.94. The van der Waals surface area contributed by atoms with Gasteiger partial charge in [-0.3, -0.25) is 0 Å². The fourth-order valence-electron chi connectivity index (χ4n) is 2.67.